The Bertz CT molecular complexity index is 374. The first-order valence-corrected chi connectivity index (χ1v) is 7.44. The van der Waals surface area contributed by atoms with Gasteiger partial charge in [0.1, 0.15) is 0 Å². The molecular formula is C15H28N4. The number of rotatable bonds is 6. The summed E-state index contributed by atoms with van der Waals surface area (Å²) in [5.74, 6) is 0. The smallest absolute Gasteiger partial charge is 0.0359 e. The van der Waals surface area contributed by atoms with Crippen LogP contribution in [0.1, 0.15) is 19.0 Å². The van der Waals surface area contributed by atoms with Crippen LogP contribution in [0.3, 0.4) is 0 Å². The van der Waals surface area contributed by atoms with Gasteiger partial charge in [-0.2, -0.15) is 0 Å². The Labute approximate surface area is 117 Å². The molecule has 1 fully saturated rings. The molecule has 1 saturated heterocycles. The van der Waals surface area contributed by atoms with Crippen molar-refractivity contribution in [2.24, 2.45) is 0 Å². The minimum atomic E-state index is 0.633. The highest BCUT2D eigenvalue weighted by molar-refractivity contribution is 5.06. The molecule has 1 aliphatic rings. The zero-order valence-electron chi connectivity index (χ0n) is 12.6. The Kier molecular flexibility index (Phi) is 5.43. The van der Waals surface area contributed by atoms with Crippen LogP contribution >= 0.6 is 0 Å². The predicted molar refractivity (Wildman–Crippen MR) is 80.3 cm³/mol. The van der Waals surface area contributed by atoms with Crippen LogP contribution in [0.15, 0.2) is 18.3 Å². The molecule has 0 spiro atoms. The largest absolute Gasteiger partial charge is 0.350 e. The summed E-state index contributed by atoms with van der Waals surface area (Å²) in [6.07, 6.45) is 3.37. The van der Waals surface area contributed by atoms with Crippen LogP contribution < -0.4 is 5.32 Å². The number of piperazine rings is 1. The molecule has 2 rings (SSSR count). The van der Waals surface area contributed by atoms with Crippen LogP contribution in [0.4, 0.5) is 0 Å². The second kappa shape index (κ2) is 7.08. The predicted octanol–water partition coefficient (Wildman–Crippen LogP) is 1.23. The van der Waals surface area contributed by atoms with Crippen LogP contribution in [0.25, 0.3) is 0 Å². The summed E-state index contributed by atoms with van der Waals surface area (Å²) in [6, 6.07) is 5.00. The van der Waals surface area contributed by atoms with E-state index >= 15 is 0 Å². The summed E-state index contributed by atoms with van der Waals surface area (Å²) in [5.41, 5.74) is 1.40. The molecular weight excluding hydrogens is 236 g/mol. The van der Waals surface area contributed by atoms with Crippen molar-refractivity contribution in [3.63, 3.8) is 0 Å². The standard InChI is InChI=1S/C15H28N4/c1-4-7-19-8-5-6-14(19)11-16-12-15-13-17(2)9-10-18(15)3/h5-6,8,15-16H,4,7,9-13H2,1-3H3. The summed E-state index contributed by atoms with van der Waals surface area (Å²) >= 11 is 0. The lowest BCUT2D eigenvalue weighted by atomic mass is 10.2. The van der Waals surface area contributed by atoms with Crippen molar-refractivity contribution in [1.82, 2.24) is 19.7 Å². The molecule has 4 nitrogen and oxygen atoms in total. The maximum Gasteiger partial charge on any atom is 0.0359 e. The van der Waals surface area contributed by atoms with Gasteiger partial charge in [-0.3, -0.25) is 4.90 Å². The van der Waals surface area contributed by atoms with Crippen LogP contribution in [0, 0.1) is 0 Å². The first kappa shape index (κ1) is 14.6. The van der Waals surface area contributed by atoms with Gasteiger partial charge in [-0.25, -0.2) is 0 Å². The molecule has 1 N–H and O–H groups in total. The summed E-state index contributed by atoms with van der Waals surface area (Å²) in [7, 11) is 4.45. The molecule has 1 aromatic heterocycles. The SMILES string of the molecule is CCCn1cccc1CNCC1CN(C)CCN1C. The van der Waals surface area contributed by atoms with Gasteiger partial charge < -0.3 is 14.8 Å². The molecule has 1 aromatic rings. The van der Waals surface area contributed by atoms with Crippen LogP contribution in [-0.2, 0) is 13.1 Å². The highest BCUT2D eigenvalue weighted by Gasteiger charge is 2.21. The van der Waals surface area contributed by atoms with Gasteiger partial charge in [-0.05, 0) is 32.6 Å². The third-order valence-electron chi connectivity index (χ3n) is 4.05. The van der Waals surface area contributed by atoms with Gasteiger partial charge >= 0.3 is 0 Å². The van der Waals surface area contributed by atoms with Gasteiger partial charge in [0.2, 0.25) is 0 Å². The van der Waals surface area contributed by atoms with E-state index in [1.54, 1.807) is 0 Å². The molecule has 2 heterocycles. The van der Waals surface area contributed by atoms with E-state index in [1.807, 2.05) is 0 Å². The first-order valence-electron chi connectivity index (χ1n) is 7.44. The van der Waals surface area contributed by atoms with Crippen molar-refractivity contribution < 1.29 is 0 Å². The molecule has 0 saturated carbocycles. The molecule has 1 unspecified atom stereocenters. The highest BCUT2D eigenvalue weighted by Crippen LogP contribution is 2.06. The fourth-order valence-corrected chi connectivity index (χ4v) is 2.76. The molecule has 1 aliphatic heterocycles. The highest BCUT2D eigenvalue weighted by atomic mass is 15.3. The summed E-state index contributed by atoms with van der Waals surface area (Å²) < 4.78 is 2.35. The van der Waals surface area contributed by atoms with E-state index in [0.29, 0.717) is 6.04 Å². The number of aryl methyl sites for hydroxylation is 1. The van der Waals surface area contributed by atoms with Gasteiger partial charge in [0.25, 0.3) is 0 Å². The van der Waals surface area contributed by atoms with Gasteiger partial charge in [0, 0.05) is 57.2 Å². The van der Waals surface area contributed by atoms with Crippen LogP contribution in [-0.4, -0.2) is 60.7 Å². The lowest BCUT2D eigenvalue weighted by molar-refractivity contribution is 0.113. The molecule has 0 radical (unpaired) electrons. The van der Waals surface area contributed by atoms with Crippen LogP contribution in [0.5, 0.6) is 0 Å². The number of nitrogens with one attached hydrogen (secondary N) is 1. The Morgan fingerprint density at radius 3 is 2.95 bits per heavy atom. The van der Waals surface area contributed by atoms with E-state index in [-0.39, 0.29) is 0 Å². The van der Waals surface area contributed by atoms with Crippen molar-refractivity contribution in [2.75, 3.05) is 40.3 Å². The van der Waals surface area contributed by atoms with Crippen molar-refractivity contribution in [3.05, 3.63) is 24.0 Å². The number of nitrogens with zero attached hydrogens (tertiary/aromatic N) is 3. The molecule has 4 heteroatoms. The van der Waals surface area contributed by atoms with E-state index in [9.17, 15) is 0 Å². The number of aromatic nitrogens is 1. The average molecular weight is 264 g/mol. The summed E-state index contributed by atoms with van der Waals surface area (Å²) in [6.45, 7) is 8.92. The summed E-state index contributed by atoms with van der Waals surface area (Å²) in [5, 5.41) is 3.62. The lowest BCUT2D eigenvalue weighted by Crippen LogP contribution is -2.53. The number of hydrogen-bond acceptors (Lipinski definition) is 3. The minimum absolute atomic E-state index is 0.633. The van der Waals surface area contributed by atoms with E-state index in [0.717, 1.165) is 19.6 Å². The van der Waals surface area contributed by atoms with Crippen molar-refractivity contribution >= 4 is 0 Å². The number of hydrogen-bond donors (Lipinski definition) is 1. The van der Waals surface area contributed by atoms with E-state index < -0.39 is 0 Å². The van der Waals surface area contributed by atoms with Crippen molar-refractivity contribution in [1.29, 1.82) is 0 Å². The zero-order valence-corrected chi connectivity index (χ0v) is 12.6. The zero-order chi connectivity index (χ0) is 13.7. The fourth-order valence-electron chi connectivity index (χ4n) is 2.76. The Balaban J connectivity index is 1.77. The maximum atomic E-state index is 3.62. The molecule has 0 aliphatic carbocycles. The van der Waals surface area contributed by atoms with Gasteiger partial charge in [0.05, 0.1) is 0 Å². The third kappa shape index (κ3) is 4.06. The fraction of sp³-hybridized carbons (Fsp3) is 0.733. The number of likely N-dealkylation sites (N-methyl/N-ethyl adjacent to an activating group) is 2. The normalized spacial score (nSPS) is 21.9. The molecule has 19 heavy (non-hydrogen) atoms. The van der Waals surface area contributed by atoms with Crippen molar-refractivity contribution in [2.45, 2.75) is 32.5 Å². The monoisotopic (exact) mass is 264 g/mol. The second-order valence-corrected chi connectivity index (χ2v) is 5.72. The van der Waals surface area contributed by atoms with Crippen molar-refractivity contribution in [3.8, 4) is 0 Å². The molecule has 0 amide bonds. The summed E-state index contributed by atoms with van der Waals surface area (Å²) in [4.78, 5) is 4.89. The van der Waals surface area contributed by atoms with E-state index in [4.69, 9.17) is 0 Å². The topological polar surface area (TPSA) is 23.4 Å². The van der Waals surface area contributed by atoms with E-state index in [1.165, 1.54) is 31.7 Å². The van der Waals surface area contributed by atoms with Crippen LogP contribution in [0.2, 0.25) is 0 Å². The second-order valence-electron chi connectivity index (χ2n) is 5.72. The average Bonchev–Trinajstić information content (AvgIpc) is 2.82. The molecule has 0 bridgehead atoms. The Hall–Kier alpha value is -0.840. The molecule has 1 atom stereocenters. The maximum absolute atomic E-state index is 3.62. The van der Waals surface area contributed by atoms with Gasteiger partial charge in [0.15, 0.2) is 0 Å². The van der Waals surface area contributed by atoms with E-state index in [2.05, 4.69) is 59.0 Å². The first-order chi connectivity index (χ1) is 9.20. The third-order valence-corrected chi connectivity index (χ3v) is 4.05. The lowest BCUT2D eigenvalue weighted by Gasteiger charge is -2.37. The quantitative estimate of drug-likeness (QED) is 0.836. The minimum Gasteiger partial charge on any atom is -0.350 e. The molecule has 0 aromatic carbocycles. The Morgan fingerprint density at radius 1 is 1.32 bits per heavy atom. The van der Waals surface area contributed by atoms with Gasteiger partial charge in [-0.15, -0.1) is 0 Å². The van der Waals surface area contributed by atoms with Gasteiger partial charge in [-0.1, -0.05) is 6.92 Å². The molecule has 108 valence electrons. The Morgan fingerprint density at radius 2 is 2.16 bits per heavy atom.